The van der Waals surface area contributed by atoms with Gasteiger partial charge < -0.3 is 0 Å². The van der Waals surface area contributed by atoms with Crippen LogP contribution in [-0.4, -0.2) is 18.9 Å². The fraction of sp³-hybridized carbons (Fsp3) is 0.0500. The lowest BCUT2D eigenvalue weighted by molar-refractivity contribution is -0.645. The van der Waals surface area contributed by atoms with Gasteiger partial charge in [0.15, 0.2) is 11.2 Å². The van der Waals surface area contributed by atoms with Crippen molar-refractivity contribution in [3.63, 3.8) is 0 Å². The monoisotopic (exact) mass is 324 g/mol. The van der Waals surface area contributed by atoms with Crippen LogP contribution in [0, 0.1) is 0 Å². The van der Waals surface area contributed by atoms with Crippen molar-refractivity contribution in [1.29, 1.82) is 0 Å². The van der Waals surface area contributed by atoms with Crippen LogP contribution in [-0.2, 0) is 6.54 Å². The number of imidazole rings is 1. The molecule has 0 radical (unpaired) electrons. The van der Waals surface area contributed by atoms with Crippen molar-refractivity contribution >= 4 is 16.7 Å². The molecule has 1 aliphatic heterocycles. The third-order valence-electron chi connectivity index (χ3n) is 4.95. The van der Waals surface area contributed by atoms with Crippen molar-refractivity contribution < 1.29 is 4.57 Å². The molecule has 5 aromatic rings. The van der Waals surface area contributed by atoms with Crippen LogP contribution in [0.15, 0.2) is 73.3 Å². The molecule has 5 heterocycles. The highest BCUT2D eigenvalue weighted by atomic mass is 15.3. The molecule has 5 heteroatoms. The summed E-state index contributed by atoms with van der Waals surface area (Å²) in [5.74, 6) is 1.13. The van der Waals surface area contributed by atoms with Gasteiger partial charge >= 0.3 is 5.82 Å². The Labute approximate surface area is 143 Å². The van der Waals surface area contributed by atoms with Crippen LogP contribution < -0.4 is 4.57 Å². The summed E-state index contributed by atoms with van der Waals surface area (Å²) in [7, 11) is 0. The molecule has 0 amide bonds. The minimum Gasteiger partial charge on any atom is -0.263 e. The van der Waals surface area contributed by atoms with Crippen molar-refractivity contribution in [1.82, 2.24) is 18.9 Å². The van der Waals surface area contributed by atoms with Crippen molar-refractivity contribution in [2.24, 2.45) is 0 Å². The SMILES string of the molecule is c1ccc(-n2c3[n+](c4cc5ccncn5c42)Cc2cccnc2-3)cc1. The lowest BCUT2D eigenvalue weighted by Gasteiger charge is -2.02. The molecule has 1 aliphatic rings. The van der Waals surface area contributed by atoms with Crippen molar-refractivity contribution in [2.75, 3.05) is 0 Å². The van der Waals surface area contributed by atoms with E-state index in [9.17, 15) is 0 Å². The molecule has 0 unspecified atom stereocenters. The number of hydrogen-bond donors (Lipinski definition) is 0. The molecule has 0 N–H and O–H groups in total. The number of pyridine rings is 1. The molecule has 0 aliphatic carbocycles. The van der Waals surface area contributed by atoms with E-state index in [1.54, 1.807) is 0 Å². The van der Waals surface area contributed by atoms with Gasteiger partial charge in [-0.3, -0.25) is 4.40 Å². The average molecular weight is 324 g/mol. The Hall–Kier alpha value is -3.47. The summed E-state index contributed by atoms with van der Waals surface area (Å²) in [5.41, 5.74) is 6.91. The van der Waals surface area contributed by atoms with Crippen LogP contribution in [0.5, 0.6) is 0 Å². The lowest BCUT2D eigenvalue weighted by Crippen LogP contribution is -2.31. The van der Waals surface area contributed by atoms with Crippen molar-refractivity contribution in [2.45, 2.75) is 6.54 Å². The van der Waals surface area contributed by atoms with Gasteiger partial charge in [-0.2, -0.15) is 4.57 Å². The molecule has 1 aromatic carbocycles. The summed E-state index contributed by atoms with van der Waals surface area (Å²) in [6.07, 6.45) is 5.59. The Morgan fingerprint density at radius 3 is 2.80 bits per heavy atom. The van der Waals surface area contributed by atoms with E-state index in [0.717, 1.165) is 34.9 Å². The lowest BCUT2D eigenvalue weighted by atomic mass is 10.2. The molecule has 0 bridgehead atoms. The standard InChI is InChI=1S/C20H14N5/c1-2-6-15(7-3-1)25-19-17(11-16-8-10-21-13-24(16)19)23-12-14-5-4-9-22-18(14)20(23)25/h1-11,13H,12H2/q+1. The molecule has 0 atom stereocenters. The zero-order valence-electron chi connectivity index (χ0n) is 13.4. The molecule has 25 heavy (non-hydrogen) atoms. The van der Waals surface area contributed by atoms with Gasteiger partial charge in [0.05, 0.1) is 5.52 Å². The maximum absolute atomic E-state index is 4.68. The number of rotatable bonds is 1. The molecule has 4 aromatic heterocycles. The summed E-state index contributed by atoms with van der Waals surface area (Å²) < 4.78 is 6.80. The fourth-order valence-electron chi connectivity index (χ4n) is 3.90. The summed E-state index contributed by atoms with van der Waals surface area (Å²) in [4.78, 5) is 9.00. The van der Waals surface area contributed by atoms with E-state index in [1.807, 2.05) is 36.9 Å². The first-order chi connectivity index (χ1) is 12.4. The molecule has 0 spiro atoms. The molecule has 6 rings (SSSR count). The van der Waals surface area contributed by atoms with Gasteiger partial charge in [-0.25, -0.2) is 14.5 Å². The second kappa shape index (κ2) is 4.54. The van der Waals surface area contributed by atoms with Gasteiger partial charge in [-0.05, 0) is 24.3 Å². The van der Waals surface area contributed by atoms with Gasteiger partial charge in [0.25, 0.3) is 5.65 Å². The van der Waals surface area contributed by atoms with Crippen molar-refractivity contribution in [3.8, 4) is 17.2 Å². The number of hydrogen-bond acceptors (Lipinski definition) is 2. The van der Waals surface area contributed by atoms with E-state index in [-0.39, 0.29) is 0 Å². The maximum atomic E-state index is 4.68. The van der Waals surface area contributed by atoms with E-state index in [1.165, 1.54) is 11.1 Å². The second-order valence-electron chi connectivity index (χ2n) is 6.32. The third-order valence-corrected chi connectivity index (χ3v) is 4.95. The van der Waals surface area contributed by atoms with E-state index >= 15 is 0 Å². The number of benzene rings is 1. The average Bonchev–Trinajstić information content (AvgIpc) is 3.30. The van der Waals surface area contributed by atoms with Crippen LogP contribution in [0.4, 0.5) is 0 Å². The second-order valence-corrected chi connectivity index (χ2v) is 6.32. The highest BCUT2D eigenvalue weighted by molar-refractivity contribution is 5.83. The molecular formula is C20H14N5+. The summed E-state index contributed by atoms with van der Waals surface area (Å²) in [6.45, 7) is 0.846. The molecule has 5 nitrogen and oxygen atoms in total. The van der Waals surface area contributed by atoms with Gasteiger partial charge in [0, 0.05) is 24.0 Å². The summed E-state index contributed by atoms with van der Waals surface area (Å²) in [5, 5.41) is 0. The van der Waals surface area contributed by atoms with E-state index in [2.05, 4.69) is 59.9 Å². The Balaban J connectivity index is 1.84. The van der Waals surface area contributed by atoms with E-state index < -0.39 is 0 Å². The quantitative estimate of drug-likeness (QED) is 0.436. The Bertz CT molecular complexity index is 1260. The third kappa shape index (κ3) is 1.59. The van der Waals surface area contributed by atoms with Crippen LogP contribution in [0.3, 0.4) is 0 Å². The van der Waals surface area contributed by atoms with Gasteiger partial charge in [-0.15, -0.1) is 0 Å². The van der Waals surface area contributed by atoms with Crippen LogP contribution >= 0.6 is 0 Å². The zero-order valence-corrected chi connectivity index (χ0v) is 13.4. The topological polar surface area (TPSA) is 39.0 Å². The van der Waals surface area contributed by atoms with Gasteiger partial charge in [0.1, 0.15) is 18.6 Å². The Morgan fingerprint density at radius 1 is 0.960 bits per heavy atom. The van der Waals surface area contributed by atoms with Gasteiger partial charge in [0.2, 0.25) is 0 Å². The predicted octanol–water partition coefficient (Wildman–Crippen LogP) is 2.99. The molecule has 0 fully saturated rings. The van der Waals surface area contributed by atoms with Crippen molar-refractivity contribution in [3.05, 3.63) is 78.9 Å². The fourth-order valence-corrected chi connectivity index (χ4v) is 3.90. The normalized spacial score (nSPS) is 12.6. The summed E-state index contributed by atoms with van der Waals surface area (Å²) in [6, 6.07) is 18.9. The van der Waals surface area contributed by atoms with E-state index in [0.29, 0.717) is 0 Å². The summed E-state index contributed by atoms with van der Waals surface area (Å²) >= 11 is 0. The first kappa shape index (κ1) is 12.9. The minimum atomic E-state index is 0.846. The number of aromatic nitrogens is 5. The first-order valence-corrected chi connectivity index (χ1v) is 8.31. The molecule has 0 saturated carbocycles. The maximum Gasteiger partial charge on any atom is 0.315 e. The first-order valence-electron chi connectivity index (χ1n) is 8.31. The Kier molecular flexibility index (Phi) is 2.34. The molecule has 0 saturated heterocycles. The smallest absolute Gasteiger partial charge is 0.263 e. The predicted molar refractivity (Wildman–Crippen MR) is 94.6 cm³/mol. The van der Waals surface area contributed by atoms with E-state index in [4.69, 9.17) is 0 Å². The van der Waals surface area contributed by atoms with Gasteiger partial charge in [-0.1, -0.05) is 24.3 Å². The van der Waals surface area contributed by atoms with Crippen LogP contribution in [0.25, 0.3) is 33.9 Å². The number of fused-ring (bicyclic) bond motifs is 7. The van der Waals surface area contributed by atoms with Crippen LogP contribution in [0.2, 0.25) is 0 Å². The molecule has 118 valence electrons. The number of nitrogens with zero attached hydrogens (tertiary/aromatic N) is 5. The Morgan fingerprint density at radius 2 is 1.88 bits per heavy atom. The number of para-hydroxylation sites is 1. The minimum absolute atomic E-state index is 0.846. The molecular weight excluding hydrogens is 310 g/mol. The highest BCUT2D eigenvalue weighted by Crippen LogP contribution is 2.33. The largest absolute Gasteiger partial charge is 0.315 e. The highest BCUT2D eigenvalue weighted by Gasteiger charge is 2.37. The zero-order chi connectivity index (χ0) is 16.4. The van der Waals surface area contributed by atoms with Crippen LogP contribution in [0.1, 0.15) is 5.56 Å².